The highest BCUT2D eigenvalue weighted by Crippen LogP contribution is 2.34. The second kappa shape index (κ2) is 3.92. The van der Waals surface area contributed by atoms with Crippen LogP contribution in [0.3, 0.4) is 0 Å². The summed E-state index contributed by atoms with van der Waals surface area (Å²) in [4.78, 5) is 13.8. The number of esters is 1. The van der Waals surface area contributed by atoms with Gasteiger partial charge in [0.2, 0.25) is 0 Å². The highest BCUT2D eigenvalue weighted by molar-refractivity contribution is 5.83. The van der Waals surface area contributed by atoms with Gasteiger partial charge in [0.25, 0.3) is 0 Å². The van der Waals surface area contributed by atoms with E-state index < -0.39 is 11.5 Å². The minimum atomic E-state index is -1.01. The molecule has 0 saturated carbocycles. The van der Waals surface area contributed by atoms with Gasteiger partial charge >= 0.3 is 5.97 Å². The Kier molecular flexibility index (Phi) is 2.73. The molecule has 0 aromatic carbocycles. The topological polar surface area (TPSA) is 68.7 Å². The summed E-state index contributed by atoms with van der Waals surface area (Å²) in [5, 5.41) is 0. The summed E-state index contributed by atoms with van der Waals surface area (Å²) in [5.41, 5.74) is 5.15. The van der Waals surface area contributed by atoms with Crippen LogP contribution in [0.1, 0.15) is 11.7 Å². The molecule has 0 bridgehead atoms. The van der Waals surface area contributed by atoms with Gasteiger partial charge in [-0.3, -0.25) is 0 Å². The first-order valence-electron chi connectivity index (χ1n) is 5.17. The number of furan rings is 1. The van der Waals surface area contributed by atoms with Crippen molar-refractivity contribution in [3.8, 4) is 0 Å². The summed E-state index contributed by atoms with van der Waals surface area (Å²) in [6, 6.07) is 3.64. The van der Waals surface area contributed by atoms with E-state index >= 15 is 0 Å². The van der Waals surface area contributed by atoms with Crippen LogP contribution in [0.5, 0.6) is 0 Å². The zero-order valence-corrected chi connectivity index (χ0v) is 9.47. The predicted molar refractivity (Wildman–Crippen MR) is 57.9 cm³/mol. The molecule has 0 amide bonds. The molecule has 5 nitrogen and oxygen atoms in total. The molecule has 1 aromatic rings. The van der Waals surface area contributed by atoms with E-state index in [9.17, 15) is 4.79 Å². The zero-order valence-electron chi connectivity index (χ0n) is 9.47. The molecule has 16 heavy (non-hydrogen) atoms. The van der Waals surface area contributed by atoms with Crippen LogP contribution in [0.25, 0.3) is 0 Å². The van der Waals surface area contributed by atoms with Gasteiger partial charge in [-0.05, 0) is 19.2 Å². The molecule has 2 N–H and O–H groups in total. The molecular formula is C11H16N2O3. The Labute approximate surface area is 94.1 Å². The first-order chi connectivity index (χ1) is 7.58. The summed E-state index contributed by atoms with van der Waals surface area (Å²) in [5.74, 6) is 0.190. The van der Waals surface area contributed by atoms with Crippen molar-refractivity contribution in [3.63, 3.8) is 0 Å². The predicted octanol–water partition coefficient (Wildman–Crippen LogP) is 0.179. The Morgan fingerprint density at radius 2 is 2.50 bits per heavy atom. The van der Waals surface area contributed by atoms with Gasteiger partial charge in [0.1, 0.15) is 11.3 Å². The Morgan fingerprint density at radius 1 is 1.75 bits per heavy atom. The monoisotopic (exact) mass is 224 g/mol. The van der Waals surface area contributed by atoms with Crippen molar-refractivity contribution in [2.24, 2.45) is 5.73 Å². The lowest BCUT2D eigenvalue weighted by Crippen LogP contribution is -2.54. The van der Waals surface area contributed by atoms with Crippen LogP contribution in [-0.4, -0.2) is 43.7 Å². The van der Waals surface area contributed by atoms with Crippen molar-refractivity contribution in [3.05, 3.63) is 24.2 Å². The highest BCUT2D eigenvalue weighted by atomic mass is 16.5. The van der Waals surface area contributed by atoms with E-state index in [1.165, 1.54) is 7.11 Å². The van der Waals surface area contributed by atoms with E-state index in [0.717, 1.165) is 5.76 Å². The van der Waals surface area contributed by atoms with E-state index in [0.29, 0.717) is 13.1 Å². The largest absolute Gasteiger partial charge is 0.469 e. The molecule has 0 unspecified atom stereocenters. The average molecular weight is 224 g/mol. The van der Waals surface area contributed by atoms with Crippen LogP contribution in [0.2, 0.25) is 0 Å². The van der Waals surface area contributed by atoms with E-state index in [1.54, 1.807) is 12.3 Å². The van der Waals surface area contributed by atoms with E-state index in [1.807, 2.05) is 18.0 Å². The third kappa shape index (κ3) is 1.62. The molecule has 0 radical (unpaired) electrons. The summed E-state index contributed by atoms with van der Waals surface area (Å²) in [6.45, 7) is 1.17. The van der Waals surface area contributed by atoms with E-state index in [-0.39, 0.29) is 5.92 Å². The number of rotatable bonds is 2. The van der Waals surface area contributed by atoms with Crippen molar-refractivity contribution >= 4 is 5.97 Å². The maximum Gasteiger partial charge on any atom is 0.327 e. The summed E-state index contributed by atoms with van der Waals surface area (Å²) in [6.07, 6.45) is 1.59. The first kappa shape index (κ1) is 11.2. The van der Waals surface area contributed by atoms with Crippen molar-refractivity contribution in [1.29, 1.82) is 0 Å². The molecule has 1 aromatic heterocycles. The van der Waals surface area contributed by atoms with Gasteiger partial charge in [0, 0.05) is 13.1 Å². The molecule has 1 aliphatic rings. The number of hydrogen-bond donors (Lipinski definition) is 1. The molecule has 2 heterocycles. The number of hydrogen-bond acceptors (Lipinski definition) is 5. The van der Waals surface area contributed by atoms with Gasteiger partial charge in [-0.2, -0.15) is 0 Å². The standard InChI is InChI=1S/C11H16N2O3/c1-13-6-8(9-4-3-5-16-9)11(12,7-13)10(14)15-2/h3-5,8H,6-7,12H2,1-2H3/t8-,11-/m1/s1. The SMILES string of the molecule is COC(=O)[C@@]1(N)CN(C)C[C@@H]1c1ccco1. The van der Waals surface area contributed by atoms with E-state index in [2.05, 4.69) is 0 Å². The Morgan fingerprint density at radius 3 is 3.06 bits per heavy atom. The number of nitrogens with zero attached hydrogens (tertiary/aromatic N) is 1. The second-order valence-electron chi connectivity index (χ2n) is 4.30. The van der Waals surface area contributed by atoms with Gasteiger partial charge in [0.05, 0.1) is 19.3 Å². The van der Waals surface area contributed by atoms with Gasteiger partial charge in [0.15, 0.2) is 0 Å². The minimum absolute atomic E-state index is 0.153. The molecule has 1 saturated heterocycles. The highest BCUT2D eigenvalue weighted by Gasteiger charge is 2.51. The minimum Gasteiger partial charge on any atom is -0.469 e. The molecule has 2 atom stereocenters. The lowest BCUT2D eigenvalue weighted by molar-refractivity contribution is -0.147. The van der Waals surface area contributed by atoms with Crippen molar-refractivity contribution < 1.29 is 13.9 Å². The van der Waals surface area contributed by atoms with Crippen LogP contribution in [0.4, 0.5) is 0 Å². The number of nitrogens with two attached hydrogens (primary N) is 1. The third-order valence-electron chi connectivity index (χ3n) is 3.10. The normalized spacial score (nSPS) is 30.6. The maximum atomic E-state index is 11.8. The van der Waals surface area contributed by atoms with Gasteiger partial charge in [-0.1, -0.05) is 0 Å². The summed E-state index contributed by atoms with van der Waals surface area (Å²) in [7, 11) is 3.28. The lowest BCUT2D eigenvalue weighted by atomic mass is 9.86. The van der Waals surface area contributed by atoms with Gasteiger partial charge in [-0.25, -0.2) is 4.79 Å². The fraction of sp³-hybridized carbons (Fsp3) is 0.545. The Bertz CT molecular complexity index is 377. The van der Waals surface area contributed by atoms with E-state index in [4.69, 9.17) is 14.9 Å². The molecule has 5 heteroatoms. The van der Waals surface area contributed by atoms with Crippen LogP contribution < -0.4 is 5.73 Å². The fourth-order valence-corrected chi connectivity index (χ4v) is 2.33. The number of carbonyl (C=O) groups excluding carboxylic acids is 1. The number of methoxy groups -OCH3 is 1. The van der Waals surface area contributed by atoms with Crippen molar-refractivity contribution in [1.82, 2.24) is 4.90 Å². The number of carbonyl (C=O) groups is 1. The van der Waals surface area contributed by atoms with Crippen LogP contribution in [0, 0.1) is 0 Å². The maximum absolute atomic E-state index is 11.8. The molecular weight excluding hydrogens is 208 g/mol. The van der Waals surface area contributed by atoms with Crippen LogP contribution >= 0.6 is 0 Å². The number of ether oxygens (including phenoxy) is 1. The zero-order chi connectivity index (χ0) is 11.8. The number of likely N-dealkylation sites (tertiary alicyclic amines) is 1. The van der Waals surface area contributed by atoms with Crippen LogP contribution in [-0.2, 0) is 9.53 Å². The summed E-state index contributed by atoms with van der Waals surface area (Å²) >= 11 is 0. The fourth-order valence-electron chi connectivity index (χ4n) is 2.33. The van der Waals surface area contributed by atoms with Crippen molar-refractivity contribution in [2.75, 3.05) is 27.2 Å². The van der Waals surface area contributed by atoms with Crippen molar-refractivity contribution in [2.45, 2.75) is 11.5 Å². The lowest BCUT2D eigenvalue weighted by Gasteiger charge is -2.25. The quantitative estimate of drug-likeness (QED) is 0.726. The molecule has 0 aliphatic carbocycles. The van der Waals surface area contributed by atoms with Gasteiger partial charge < -0.3 is 19.8 Å². The molecule has 88 valence electrons. The summed E-state index contributed by atoms with van der Waals surface area (Å²) < 4.78 is 10.1. The Hall–Kier alpha value is -1.33. The smallest absolute Gasteiger partial charge is 0.327 e. The third-order valence-corrected chi connectivity index (χ3v) is 3.10. The van der Waals surface area contributed by atoms with Crippen LogP contribution in [0.15, 0.2) is 22.8 Å². The van der Waals surface area contributed by atoms with Gasteiger partial charge in [-0.15, -0.1) is 0 Å². The number of likely N-dealkylation sites (N-methyl/N-ethyl adjacent to an activating group) is 1. The second-order valence-corrected chi connectivity index (χ2v) is 4.30. The molecule has 1 aliphatic heterocycles. The molecule has 2 rings (SSSR count). The average Bonchev–Trinajstić information content (AvgIpc) is 2.85. The first-order valence-corrected chi connectivity index (χ1v) is 5.17. The molecule has 0 spiro atoms. The molecule has 1 fully saturated rings. The Balaban J connectivity index is 2.33.